The lowest BCUT2D eigenvalue weighted by atomic mass is 10.1. The van der Waals surface area contributed by atoms with Crippen molar-refractivity contribution in [1.29, 1.82) is 0 Å². The molecule has 7 unspecified atom stereocenters. The van der Waals surface area contributed by atoms with Gasteiger partial charge in [-0.3, -0.25) is 14.6 Å². The van der Waals surface area contributed by atoms with Gasteiger partial charge in [-0.05, 0) is 75.0 Å². The Morgan fingerprint density at radius 3 is 1.83 bits per heavy atom. The monoisotopic (exact) mass is 430 g/mol. The van der Waals surface area contributed by atoms with Crippen LogP contribution in [0.5, 0.6) is 0 Å². The second-order valence-electron chi connectivity index (χ2n) is 9.24. The normalized spacial score (nSPS) is 34.3. The van der Waals surface area contributed by atoms with Crippen molar-refractivity contribution in [2.24, 2.45) is 11.7 Å². The van der Waals surface area contributed by atoms with Gasteiger partial charge in [-0.1, -0.05) is 6.92 Å². The van der Waals surface area contributed by atoms with E-state index >= 15 is 0 Å². The van der Waals surface area contributed by atoms with E-state index in [4.69, 9.17) is 15.2 Å². The molecule has 0 aromatic carbocycles. The first-order valence-electron chi connectivity index (χ1n) is 11.5. The second-order valence-corrected chi connectivity index (χ2v) is 9.24. The molecule has 30 heavy (non-hydrogen) atoms. The molecule has 3 fully saturated rings. The number of likely N-dealkylation sites (N-methyl/N-ethyl adjacent to an activating group) is 2. The lowest BCUT2D eigenvalue weighted by molar-refractivity contribution is -0.120. The van der Waals surface area contributed by atoms with Gasteiger partial charge in [0.05, 0.1) is 31.5 Å². The van der Waals surface area contributed by atoms with Gasteiger partial charge in [-0.15, -0.1) is 0 Å². The fourth-order valence-electron chi connectivity index (χ4n) is 2.64. The van der Waals surface area contributed by atoms with E-state index in [1.165, 1.54) is 6.42 Å². The average molecular weight is 431 g/mol. The average Bonchev–Trinajstić information content (AvgIpc) is 3.34. The first-order valence-corrected chi connectivity index (χ1v) is 11.5. The number of ketones is 1. The van der Waals surface area contributed by atoms with E-state index in [-0.39, 0.29) is 11.8 Å². The summed E-state index contributed by atoms with van der Waals surface area (Å²) >= 11 is 0. The molecular weight excluding hydrogens is 380 g/mol. The van der Waals surface area contributed by atoms with Crippen LogP contribution in [0.2, 0.25) is 0 Å². The van der Waals surface area contributed by atoms with E-state index in [9.17, 15) is 4.79 Å². The van der Waals surface area contributed by atoms with Crippen molar-refractivity contribution in [2.75, 3.05) is 47.4 Å². The highest BCUT2D eigenvalue weighted by molar-refractivity contribution is 5.80. The largest absolute Gasteiger partial charge is 0.376 e. The van der Waals surface area contributed by atoms with Crippen LogP contribution in [0.15, 0.2) is 0 Å². The molecule has 3 rings (SSSR count). The lowest BCUT2D eigenvalue weighted by Gasteiger charge is -2.34. The number of carbonyl (C=O) groups is 1. The van der Waals surface area contributed by atoms with Crippen LogP contribution < -0.4 is 11.1 Å². The molecule has 7 nitrogen and oxygen atoms in total. The Morgan fingerprint density at radius 1 is 1.10 bits per heavy atom. The summed E-state index contributed by atoms with van der Waals surface area (Å²) < 4.78 is 10.7. The number of hydrogen-bond acceptors (Lipinski definition) is 7. The van der Waals surface area contributed by atoms with E-state index in [0.717, 1.165) is 32.2 Å². The maximum atomic E-state index is 10.5. The van der Waals surface area contributed by atoms with Crippen molar-refractivity contribution >= 4 is 5.78 Å². The molecule has 0 radical (unpaired) electrons. The molecule has 0 bridgehead atoms. The number of ether oxygens (including phenoxy) is 2. The van der Waals surface area contributed by atoms with Gasteiger partial charge in [0.15, 0.2) is 0 Å². The summed E-state index contributed by atoms with van der Waals surface area (Å²) in [4.78, 5) is 14.8. The highest BCUT2D eigenvalue weighted by Gasteiger charge is 2.27. The van der Waals surface area contributed by atoms with Gasteiger partial charge in [0.1, 0.15) is 5.78 Å². The fraction of sp³-hybridized carbons (Fsp3) is 0.957. The predicted octanol–water partition coefficient (Wildman–Crippen LogP) is 1.99. The molecule has 180 valence electrons. The van der Waals surface area contributed by atoms with Crippen LogP contribution in [-0.4, -0.2) is 99.4 Å². The first kappa shape index (κ1) is 29.4. The number of nitrogens with one attached hydrogen (secondary N) is 1. The summed E-state index contributed by atoms with van der Waals surface area (Å²) in [5.41, 5.74) is 5.37. The van der Waals surface area contributed by atoms with E-state index in [0.29, 0.717) is 30.3 Å². The van der Waals surface area contributed by atoms with Crippen molar-refractivity contribution in [1.82, 2.24) is 15.1 Å². The van der Waals surface area contributed by atoms with E-state index < -0.39 is 0 Å². The number of morpholine rings is 2. The molecule has 2 saturated heterocycles. The smallest absolute Gasteiger partial charge is 0.146 e. The minimum atomic E-state index is 0.0648. The van der Waals surface area contributed by atoms with Crippen LogP contribution in [0, 0.1) is 5.92 Å². The Balaban J connectivity index is 0.000000380. The van der Waals surface area contributed by atoms with Crippen LogP contribution in [0.3, 0.4) is 0 Å². The van der Waals surface area contributed by atoms with Gasteiger partial charge in [0.2, 0.25) is 0 Å². The number of rotatable bonds is 2. The summed E-state index contributed by atoms with van der Waals surface area (Å²) in [5.74, 6) is 1.05. The van der Waals surface area contributed by atoms with Crippen molar-refractivity contribution in [2.45, 2.75) is 91.3 Å². The third kappa shape index (κ3) is 13.0. The van der Waals surface area contributed by atoms with Gasteiger partial charge in [-0.25, -0.2) is 0 Å². The van der Waals surface area contributed by atoms with E-state index in [1.54, 1.807) is 6.92 Å². The van der Waals surface area contributed by atoms with Crippen molar-refractivity contribution in [3.8, 4) is 0 Å². The standard InChI is InChI=1S/C7H15NO.2C6H13NO.C4H9N/c1-6-7(2)9-5-4-8(6)3;1-5-6(2)8-4-3-7-5;1-5(6(2)8)7(3)4;1-3-2-4(3)5/h6-7H,4-5H2,1-3H3;5-7H,3-4H2,1-2H3;5H,1-4H3;3-4H,2,5H2,1H3. The highest BCUT2D eigenvalue weighted by Crippen LogP contribution is 2.25. The fourth-order valence-corrected chi connectivity index (χ4v) is 2.64. The molecule has 0 amide bonds. The molecule has 3 N–H and O–H groups in total. The Kier molecular flexibility index (Phi) is 15.0. The number of Topliss-reactive ketones (excluding diaryl/α,β-unsaturated/α-hetero) is 1. The number of nitrogens with zero attached hydrogens (tertiary/aromatic N) is 2. The molecule has 0 aromatic rings. The summed E-state index contributed by atoms with van der Waals surface area (Å²) in [5, 5.41) is 3.31. The summed E-state index contributed by atoms with van der Waals surface area (Å²) in [6.45, 7) is 18.1. The van der Waals surface area contributed by atoms with Crippen LogP contribution in [-0.2, 0) is 14.3 Å². The second kappa shape index (κ2) is 15.3. The Hall–Kier alpha value is -0.570. The molecule has 0 aromatic heterocycles. The SMILES string of the molecule is CC(=O)C(C)N(C)C.CC1CC1N.CC1NCCOC1C.CC1OCCN(C)C1C. The minimum Gasteiger partial charge on any atom is -0.376 e. The van der Waals surface area contributed by atoms with E-state index in [2.05, 4.69) is 51.9 Å². The zero-order chi connectivity index (χ0) is 23.4. The quantitative estimate of drug-likeness (QED) is 0.693. The number of carbonyl (C=O) groups excluding carboxylic acids is 1. The molecule has 3 aliphatic rings. The molecule has 1 aliphatic carbocycles. The lowest BCUT2D eigenvalue weighted by Crippen LogP contribution is -2.45. The van der Waals surface area contributed by atoms with Crippen LogP contribution in [0.1, 0.15) is 54.9 Å². The van der Waals surface area contributed by atoms with Crippen molar-refractivity contribution in [3.05, 3.63) is 0 Å². The third-order valence-corrected chi connectivity index (χ3v) is 6.39. The van der Waals surface area contributed by atoms with E-state index in [1.807, 2.05) is 25.9 Å². The van der Waals surface area contributed by atoms with Gasteiger partial charge < -0.3 is 20.5 Å². The van der Waals surface area contributed by atoms with Crippen LogP contribution in [0.4, 0.5) is 0 Å². The molecule has 2 aliphatic heterocycles. The zero-order valence-corrected chi connectivity index (χ0v) is 21.3. The molecular formula is C23H50N4O3. The highest BCUT2D eigenvalue weighted by atomic mass is 16.5. The zero-order valence-electron chi connectivity index (χ0n) is 21.3. The molecule has 7 heteroatoms. The molecule has 2 heterocycles. The summed E-state index contributed by atoms with van der Waals surface area (Å²) in [6, 6.07) is 1.73. The first-order chi connectivity index (χ1) is 13.9. The van der Waals surface area contributed by atoms with Crippen LogP contribution >= 0.6 is 0 Å². The third-order valence-electron chi connectivity index (χ3n) is 6.39. The van der Waals surface area contributed by atoms with Crippen LogP contribution in [0.25, 0.3) is 0 Å². The number of nitrogens with two attached hydrogens (primary N) is 1. The Labute approximate surface area is 186 Å². The maximum Gasteiger partial charge on any atom is 0.146 e. The Morgan fingerprint density at radius 2 is 1.60 bits per heavy atom. The predicted molar refractivity (Wildman–Crippen MR) is 126 cm³/mol. The van der Waals surface area contributed by atoms with Gasteiger partial charge in [0, 0.05) is 31.2 Å². The molecule has 0 spiro atoms. The minimum absolute atomic E-state index is 0.0648. The molecule has 7 atom stereocenters. The Bertz CT molecular complexity index is 438. The summed E-state index contributed by atoms with van der Waals surface area (Å²) in [7, 11) is 5.93. The number of hydrogen-bond donors (Lipinski definition) is 2. The topological polar surface area (TPSA) is 80.1 Å². The van der Waals surface area contributed by atoms with Gasteiger partial charge in [0.25, 0.3) is 0 Å². The van der Waals surface area contributed by atoms with Gasteiger partial charge >= 0.3 is 0 Å². The van der Waals surface area contributed by atoms with Crippen molar-refractivity contribution < 1.29 is 14.3 Å². The maximum absolute atomic E-state index is 10.5. The van der Waals surface area contributed by atoms with Crippen molar-refractivity contribution in [3.63, 3.8) is 0 Å². The van der Waals surface area contributed by atoms with Gasteiger partial charge in [-0.2, -0.15) is 0 Å². The molecule has 1 saturated carbocycles. The summed E-state index contributed by atoms with van der Waals surface area (Å²) in [6.07, 6.45) is 2.05.